The summed E-state index contributed by atoms with van der Waals surface area (Å²) in [6.07, 6.45) is 14.2. The van der Waals surface area contributed by atoms with Gasteiger partial charge in [0.2, 0.25) is 0 Å². The van der Waals surface area contributed by atoms with Gasteiger partial charge in [-0.25, -0.2) is 0 Å². The normalized spacial score (nSPS) is 13.9. The molecule has 0 saturated heterocycles. The van der Waals surface area contributed by atoms with Crippen LogP contribution < -0.4 is 0 Å². The van der Waals surface area contributed by atoms with Crippen LogP contribution in [0.25, 0.3) is 0 Å². The third-order valence-electron chi connectivity index (χ3n) is 6.78. The first-order chi connectivity index (χ1) is 17.8. The average Bonchev–Trinajstić information content (AvgIpc) is 2.89. The Morgan fingerprint density at radius 1 is 0.730 bits per heavy atom. The van der Waals surface area contributed by atoms with Crippen molar-refractivity contribution < 1.29 is 28.6 Å². The van der Waals surface area contributed by atoms with Gasteiger partial charge in [-0.15, -0.1) is 0 Å². The molecule has 216 valence electrons. The predicted molar refractivity (Wildman–Crippen MR) is 149 cm³/mol. The summed E-state index contributed by atoms with van der Waals surface area (Å²) in [7, 11) is 0. The van der Waals surface area contributed by atoms with E-state index in [9.17, 15) is 14.4 Å². The number of rotatable bonds is 23. The van der Waals surface area contributed by atoms with Gasteiger partial charge >= 0.3 is 17.9 Å². The summed E-state index contributed by atoms with van der Waals surface area (Å²) in [4.78, 5) is 37.6. The summed E-state index contributed by atoms with van der Waals surface area (Å²) < 4.78 is 16.1. The molecule has 3 unspecified atom stereocenters. The summed E-state index contributed by atoms with van der Waals surface area (Å²) in [5.74, 6) is 0.208. The first-order valence-electron chi connectivity index (χ1n) is 14.6. The van der Waals surface area contributed by atoms with Crippen molar-refractivity contribution in [2.45, 2.75) is 106 Å². The fourth-order valence-corrected chi connectivity index (χ4v) is 3.81. The molecule has 0 N–H and O–H groups in total. The smallest absolute Gasteiger partial charge is 0.320 e. The molecule has 0 aromatic heterocycles. The van der Waals surface area contributed by atoms with E-state index in [4.69, 9.17) is 14.2 Å². The molecule has 0 aliphatic heterocycles. The molecule has 0 amide bonds. The monoisotopic (exact) mass is 525 g/mol. The molecular formula is C30H55NO6. The zero-order valence-electron chi connectivity index (χ0n) is 24.6. The summed E-state index contributed by atoms with van der Waals surface area (Å²) in [6.45, 7) is 14.3. The molecule has 0 spiro atoms. The molecule has 0 saturated carbocycles. The quantitative estimate of drug-likeness (QED) is 0.0666. The molecule has 3 atom stereocenters. The van der Waals surface area contributed by atoms with Gasteiger partial charge in [0.15, 0.2) is 0 Å². The van der Waals surface area contributed by atoms with Crippen LogP contribution in [-0.2, 0) is 28.6 Å². The lowest BCUT2D eigenvalue weighted by atomic mass is 9.89. The van der Waals surface area contributed by atoms with Crippen LogP contribution in [0.1, 0.15) is 106 Å². The second-order valence-electron chi connectivity index (χ2n) is 10.2. The highest BCUT2D eigenvalue weighted by Gasteiger charge is 2.17. The maximum atomic E-state index is 12.3. The van der Waals surface area contributed by atoms with Crippen molar-refractivity contribution in [2.75, 3.05) is 39.5 Å². The summed E-state index contributed by atoms with van der Waals surface area (Å²) in [6, 6.07) is 0. The molecule has 7 heteroatoms. The number of likely N-dealkylation sites (N-methyl/N-ethyl adjacent to an activating group) is 1. The second-order valence-corrected chi connectivity index (χ2v) is 10.2. The molecule has 0 aromatic rings. The maximum Gasteiger partial charge on any atom is 0.320 e. The molecule has 37 heavy (non-hydrogen) atoms. The number of hydrogen-bond acceptors (Lipinski definition) is 7. The zero-order valence-corrected chi connectivity index (χ0v) is 24.6. The number of ether oxygens (including phenoxy) is 3. The lowest BCUT2D eigenvalue weighted by molar-refractivity contribution is -0.149. The minimum absolute atomic E-state index is 0.0816. The maximum absolute atomic E-state index is 12.3. The van der Waals surface area contributed by atoms with Gasteiger partial charge in [0.1, 0.15) is 0 Å². The summed E-state index contributed by atoms with van der Waals surface area (Å²) in [5.41, 5.74) is 0. The molecule has 0 aliphatic rings. The number of carbonyl (C=O) groups excluding carboxylic acids is 3. The zero-order chi connectivity index (χ0) is 27.9. The summed E-state index contributed by atoms with van der Waals surface area (Å²) >= 11 is 0. The Bertz CT molecular complexity index is 636. The van der Waals surface area contributed by atoms with E-state index in [0.29, 0.717) is 44.6 Å². The van der Waals surface area contributed by atoms with Gasteiger partial charge in [-0.1, -0.05) is 92.2 Å². The van der Waals surface area contributed by atoms with E-state index < -0.39 is 0 Å². The number of esters is 3. The van der Waals surface area contributed by atoms with E-state index >= 15 is 0 Å². The van der Waals surface area contributed by atoms with Crippen LogP contribution in [0.3, 0.4) is 0 Å². The molecule has 0 bridgehead atoms. The van der Waals surface area contributed by atoms with E-state index in [1.807, 2.05) is 13.8 Å². The van der Waals surface area contributed by atoms with Crippen molar-refractivity contribution in [3.8, 4) is 0 Å². The number of nitrogens with zero attached hydrogens (tertiary/aromatic N) is 1. The standard InChI is InChI=1S/C30H55NO6/c1-7-11-12-13-14-17-20-35-29(33)21-31(10-4)22-30(34)36-23-25(5)18-15-16-19-27(26(6)8-2)24-37-28(32)9-3/h15-16,25-27H,7-14,17-24H2,1-6H3/b16-15-. The largest absolute Gasteiger partial charge is 0.465 e. The summed E-state index contributed by atoms with van der Waals surface area (Å²) in [5, 5.41) is 0. The molecule has 0 aliphatic carbocycles. The highest BCUT2D eigenvalue weighted by Crippen LogP contribution is 2.20. The SMILES string of the molecule is CCCCCCCCOC(=O)CN(CC)CC(=O)OCC(C)C/C=C\CC(COC(=O)CC)C(C)CC. The fraction of sp³-hybridized carbons (Fsp3) is 0.833. The van der Waals surface area contributed by atoms with Crippen molar-refractivity contribution in [3.63, 3.8) is 0 Å². The van der Waals surface area contributed by atoms with Crippen molar-refractivity contribution in [1.82, 2.24) is 4.90 Å². The Morgan fingerprint density at radius 2 is 1.32 bits per heavy atom. The lowest BCUT2D eigenvalue weighted by Crippen LogP contribution is -2.36. The van der Waals surface area contributed by atoms with Gasteiger partial charge in [0, 0.05) is 6.42 Å². The van der Waals surface area contributed by atoms with Gasteiger partial charge in [-0.2, -0.15) is 0 Å². The van der Waals surface area contributed by atoms with Crippen LogP contribution in [0.4, 0.5) is 0 Å². The molecule has 7 nitrogen and oxygen atoms in total. The van der Waals surface area contributed by atoms with Crippen LogP contribution in [0.5, 0.6) is 0 Å². The van der Waals surface area contributed by atoms with E-state index in [0.717, 1.165) is 32.1 Å². The Balaban J connectivity index is 4.21. The van der Waals surface area contributed by atoms with Gasteiger partial charge in [-0.3, -0.25) is 19.3 Å². The lowest BCUT2D eigenvalue weighted by Gasteiger charge is -2.21. The van der Waals surface area contributed by atoms with Crippen molar-refractivity contribution in [1.29, 1.82) is 0 Å². The number of allylic oxidation sites excluding steroid dienone is 2. The van der Waals surface area contributed by atoms with Crippen LogP contribution in [0.2, 0.25) is 0 Å². The average molecular weight is 526 g/mol. The number of carbonyl (C=O) groups is 3. The van der Waals surface area contributed by atoms with Crippen molar-refractivity contribution in [3.05, 3.63) is 12.2 Å². The minimum atomic E-state index is -0.323. The van der Waals surface area contributed by atoms with Gasteiger partial charge in [0.25, 0.3) is 0 Å². The van der Waals surface area contributed by atoms with Gasteiger partial charge < -0.3 is 14.2 Å². The second kappa shape index (κ2) is 23.2. The van der Waals surface area contributed by atoms with Gasteiger partial charge in [0.05, 0.1) is 32.9 Å². The molecular weight excluding hydrogens is 470 g/mol. The third kappa shape index (κ3) is 19.8. The van der Waals surface area contributed by atoms with E-state index in [2.05, 4.69) is 32.9 Å². The minimum Gasteiger partial charge on any atom is -0.465 e. The van der Waals surface area contributed by atoms with Crippen LogP contribution in [0, 0.1) is 17.8 Å². The third-order valence-corrected chi connectivity index (χ3v) is 6.78. The van der Waals surface area contributed by atoms with E-state index in [1.54, 1.807) is 11.8 Å². The molecule has 0 radical (unpaired) electrons. The predicted octanol–water partition coefficient (Wildman–Crippen LogP) is 6.34. The highest BCUT2D eigenvalue weighted by atomic mass is 16.5. The molecule has 0 fully saturated rings. The molecule has 0 aromatic carbocycles. The van der Waals surface area contributed by atoms with Crippen LogP contribution in [-0.4, -0.2) is 62.3 Å². The molecule has 0 heterocycles. The first-order valence-corrected chi connectivity index (χ1v) is 14.6. The van der Waals surface area contributed by atoms with Crippen molar-refractivity contribution in [2.24, 2.45) is 17.8 Å². The Labute approximate surface area is 226 Å². The Hall–Kier alpha value is -1.89. The van der Waals surface area contributed by atoms with Gasteiger partial charge in [-0.05, 0) is 43.6 Å². The van der Waals surface area contributed by atoms with E-state index in [1.165, 1.54) is 25.7 Å². The highest BCUT2D eigenvalue weighted by molar-refractivity contribution is 5.75. The number of unbranched alkanes of at least 4 members (excludes halogenated alkanes) is 5. The van der Waals surface area contributed by atoms with Crippen LogP contribution >= 0.6 is 0 Å². The molecule has 0 rings (SSSR count). The van der Waals surface area contributed by atoms with Crippen LogP contribution in [0.15, 0.2) is 12.2 Å². The Morgan fingerprint density at radius 3 is 1.95 bits per heavy atom. The fourth-order valence-electron chi connectivity index (χ4n) is 3.81. The number of hydrogen-bond donors (Lipinski definition) is 0. The topological polar surface area (TPSA) is 82.1 Å². The Kier molecular flexibility index (Phi) is 22.1. The van der Waals surface area contributed by atoms with Crippen molar-refractivity contribution >= 4 is 17.9 Å². The first kappa shape index (κ1) is 35.1. The van der Waals surface area contributed by atoms with E-state index in [-0.39, 0.29) is 36.9 Å².